The second-order valence-corrected chi connectivity index (χ2v) is 9.33. The molecule has 0 N–H and O–H groups in total. The molecular formula is C18H26FNO3S. The monoisotopic (exact) mass is 355 g/mol. The fraction of sp³-hybridized carbons (Fsp3) is 0.667. The molecule has 0 saturated carbocycles. The fourth-order valence-electron chi connectivity index (χ4n) is 3.62. The third-order valence-corrected chi connectivity index (χ3v) is 6.80. The molecule has 2 aliphatic heterocycles. The van der Waals surface area contributed by atoms with Crippen LogP contribution in [0.3, 0.4) is 0 Å². The third kappa shape index (κ3) is 5.01. The number of hydrogen-bond donors (Lipinski definition) is 0. The van der Waals surface area contributed by atoms with Gasteiger partial charge in [0.25, 0.3) is 0 Å². The van der Waals surface area contributed by atoms with Crippen LogP contribution < -0.4 is 0 Å². The third-order valence-electron chi connectivity index (χ3n) is 5.09. The van der Waals surface area contributed by atoms with Gasteiger partial charge in [0.1, 0.15) is 15.7 Å². The molecular weight excluding hydrogens is 329 g/mol. The fourth-order valence-corrected chi connectivity index (χ4v) is 5.21. The number of hydrogen-bond acceptors (Lipinski definition) is 4. The largest absolute Gasteiger partial charge is 0.372 e. The highest BCUT2D eigenvalue weighted by Gasteiger charge is 2.27. The number of sulfone groups is 1. The van der Waals surface area contributed by atoms with Crippen LogP contribution in [0.5, 0.6) is 0 Å². The Kier molecular flexibility index (Phi) is 5.89. The van der Waals surface area contributed by atoms with Gasteiger partial charge < -0.3 is 9.64 Å². The Bertz CT molecular complexity index is 635. The van der Waals surface area contributed by atoms with Crippen LogP contribution in [0.4, 0.5) is 4.39 Å². The van der Waals surface area contributed by atoms with E-state index >= 15 is 0 Å². The molecule has 0 amide bonds. The summed E-state index contributed by atoms with van der Waals surface area (Å²) in [6.45, 7) is 3.17. The average molecular weight is 355 g/mol. The van der Waals surface area contributed by atoms with Crippen molar-refractivity contribution in [3.05, 3.63) is 35.6 Å². The first-order valence-corrected chi connectivity index (χ1v) is 10.6. The molecule has 2 saturated heterocycles. The smallest absolute Gasteiger partial charge is 0.150 e. The topological polar surface area (TPSA) is 46.6 Å². The van der Waals surface area contributed by atoms with E-state index in [1.165, 1.54) is 6.07 Å². The van der Waals surface area contributed by atoms with Crippen LogP contribution in [-0.4, -0.2) is 50.6 Å². The van der Waals surface area contributed by atoms with Crippen molar-refractivity contribution < 1.29 is 17.5 Å². The molecule has 6 heteroatoms. The van der Waals surface area contributed by atoms with Gasteiger partial charge in [-0.1, -0.05) is 18.2 Å². The van der Waals surface area contributed by atoms with E-state index in [0.717, 1.165) is 45.3 Å². The highest BCUT2D eigenvalue weighted by Crippen LogP contribution is 2.23. The number of ether oxygens (including phenoxy) is 1. The second-order valence-electron chi connectivity index (χ2n) is 7.02. The molecule has 1 aromatic carbocycles. The predicted molar refractivity (Wildman–Crippen MR) is 92.0 cm³/mol. The van der Waals surface area contributed by atoms with Gasteiger partial charge in [-0.2, -0.15) is 0 Å². The zero-order valence-electron chi connectivity index (χ0n) is 14.0. The summed E-state index contributed by atoms with van der Waals surface area (Å²) in [5.74, 6) is 0.921. The number of likely N-dealkylation sites (tertiary alicyclic amines) is 1. The van der Waals surface area contributed by atoms with Gasteiger partial charge in [-0.25, -0.2) is 12.8 Å². The lowest BCUT2D eigenvalue weighted by Gasteiger charge is -2.35. The van der Waals surface area contributed by atoms with Crippen LogP contribution in [0.25, 0.3) is 0 Å². The summed E-state index contributed by atoms with van der Waals surface area (Å²) in [6.07, 6.45) is 3.77. The maximum absolute atomic E-state index is 13.7. The van der Waals surface area contributed by atoms with E-state index in [2.05, 4.69) is 4.90 Å². The minimum Gasteiger partial charge on any atom is -0.372 e. The van der Waals surface area contributed by atoms with Crippen molar-refractivity contribution in [1.82, 2.24) is 4.90 Å². The van der Waals surface area contributed by atoms with Crippen molar-refractivity contribution in [2.75, 3.05) is 31.1 Å². The van der Waals surface area contributed by atoms with E-state index in [0.29, 0.717) is 29.6 Å². The highest BCUT2D eigenvalue weighted by molar-refractivity contribution is 7.91. The van der Waals surface area contributed by atoms with E-state index in [1.807, 2.05) is 6.07 Å². The Morgan fingerprint density at radius 1 is 1.17 bits per heavy atom. The van der Waals surface area contributed by atoms with Crippen molar-refractivity contribution in [2.45, 2.75) is 38.4 Å². The normalized spacial score (nSPS) is 25.6. The zero-order chi connectivity index (χ0) is 17.0. The van der Waals surface area contributed by atoms with Crippen LogP contribution in [0, 0.1) is 11.7 Å². The number of rotatable bonds is 5. The molecule has 2 heterocycles. The van der Waals surface area contributed by atoms with E-state index in [-0.39, 0.29) is 11.9 Å². The minimum atomic E-state index is -2.79. The van der Waals surface area contributed by atoms with Gasteiger partial charge in [0.05, 0.1) is 24.2 Å². The molecule has 3 rings (SSSR count). The maximum atomic E-state index is 13.7. The molecule has 0 unspecified atom stereocenters. The summed E-state index contributed by atoms with van der Waals surface area (Å²) in [7, 11) is -2.79. The minimum absolute atomic E-state index is 0.130. The van der Waals surface area contributed by atoms with Crippen molar-refractivity contribution in [2.24, 2.45) is 5.92 Å². The molecule has 0 radical (unpaired) electrons. The van der Waals surface area contributed by atoms with Crippen molar-refractivity contribution in [3.63, 3.8) is 0 Å². The Morgan fingerprint density at radius 2 is 1.92 bits per heavy atom. The maximum Gasteiger partial charge on any atom is 0.150 e. The number of halogens is 1. The van der Waals surface area contributed by atoms with Gasteiger partial charge in [-0.05, 0) is 44.2 Å². The summed E-state index contributed by atoms with van der Waals surface area (Å²) in [4.78, 5) is 2.39. The zero-order valence-corrected chi connectivity index (χ0v) is 14.8. The summed E-state index contributed by atoms with van der Waals surface area (Å²) in [5.41, 5.74) is 0.604. The Morgan fingerprint density at radius 3 is 2.67 bits per heavy atom. The molecule has 24 heavy (non-hydrogen) atoms. The molecule has 0 aliphatic carbocycles. The van der Waals surface area contributed by atoms with Crippen molar-refractivity contribution in [3.8, 4) is 0 Å². The van der Waals surface area contributed by atoms with E-state index in [9.17, 15) is 12.8 Å². The SMILES string of the molecule is O=S1(=O)CCC(CN2CCC[C@H](OCc3ccccc3F)C2)CC1. The molecule has 1 aromatic rings. The molecule has 2 fully saturated rings. The van der Waals surface area contributed by atoms with Gasteiger partial charge in [-0.15, -0.1) is 0 Å². The van der Waals surface area contributed by atoms with Crippen LogP contribution >= 0.6 is 0 Å². The first-order valence-electron chi connectivity index (χ1n) is 8.79. The quantitative estimate of drug-likeness (QED) is 0.815. The number of nitrogens with zero attached hydrogens (tertiary/aromatic N) is 1. The van der Waals surface area contributed by atoms with Gasteiger partial charge in [0.15, 0.2) is 0 Å². The average Bonchev–Trinajstić information content (AvgIpc) is 2.57. The Labute approximate surface area is 143 Å². The highest BCUT2D eigenvalue weighted by atomic mass is 32.2. The molecule has 1 atom stereocenters. The summed E-state index contributed by atoms with van der Waals surface area (Å²) >= 11 is 0. The lowest BCUT2D eigenvalue weighted by molar-refractivity contribution is -0.0146. The lowest BCUT2D eigenvalue weighted by atomic mass is 10.00. The second kappa shape index (κ2) is 7.93. The van der Waals surface area contributed by atoms with Gasteiger partial charge in [0, 0.05) is 18.7 Å². The predicted octanol–water partition coefficient (Wildman–Crippen LogP) is 2.63. The molecule has 134 valence electrons. The lowest BCUT2D eigenvalue weighted by Crippen LogP contribution is -2.43. The standard InChI is InChI=1S/C18H26FNO3S/c19-18-6-2-1-4-16(18)14-23-17-5-3-9-20(13-17)12-15-7-10-24(21,22)11-8-15/h1-2,4,6,15,17H,3,5,7-14H2/t17-/m0/s1. The van der Waals surface area contributed by atoms with Crippen LogP contribution in [0.1, 0.15) is 31.2 Å². The van der Waals surface area contributed by atoms with E-state index < -0.39 is 9.84 Å². The first kappa shape index (κ1) is 17.8. The molecule has 2 aliphatic rings. The van der Waals surface area contributed by atoms with Crippen molar-refractivity contribution in [1.29, 1.82) is 0 Å². The molecule has 0 aromatic heterocycles. The Hall–Kier alpha value is -0.980. The van der Waals surface area contributed by atoms with Crippen LogP contribution in [0.2, 0.25) is 0 Å². The summed E-state index contributed by atoms with van der Waals surface area (Å²) in [6, 6.07) is 6.74. The van der Waals surface area contributed by atoms with Gasteiger partial charge in [-0.3, -0.25) is 0 Å². The van der Waals surface area contributed by atoms with Gasteiger partial charge >= 0.3 is 0 Å². The van der Waals surface area contributed by atoms with Gasteiger partial charge in [0.2, 0.25) is 0 Å². The van der Waals surface area contributed by atoms with E-state index in [4.69, 9.17) is 4.74 Å². The first-order chi connectivity index (χ1) is 11.5. The summed E-state index contributed by atoms with van der Waals surface area (Å²) < 4.78 is 42.6. The van der Waals surface area contributed by atoms with Crippen molar-refractivity contribution >= 4 is 9.84 Å². The Balaban J connectivity index is 1.45. The molecule has 4 nitrogen and oxygen atoms in total. The molecule has 0 bridgehead atoms. The van der Waals surface area contributed by atoms with Crippen LogP contribution in [-0.2, 0) is 21.2 Å². The number of piperidine rings is 1. The van der Waals surface area contributed by atoms with Crippen LogP contribution in [0.15, 0.2) is 24.3 Å². The summed E-state index contributed by atoms with van der Waals surface area (Å²) in [5, 5.41) is 0. The van der Waals surface area contributed by atoms with E-state index in [1.54, 1.807) is 12.1 Å². The number of benzene rings is 1. The molecule has 0 spiro atoms.